The molecule has 0 aliphatic heterocycles. The summed E-state index contributed by atoms with van der Waals surface area (Å²) in [5.74, 6) is 1.11. The van der Waals surface area contributed by atoms with Crippen LogP contribution in [0.3, 0.4) is 0 Å². The molecular weight excluding hydrogens is 242 g/mol. The first kappa shape index (κ1) is 13.4. The quantitative estimate of drug-likeness (QED) is 0.882. The summed E-state index contributed by atoms with van der Waals surface area (Å²) >= 11 is 0. The van der Waals surface area contributed by atoms with Crippen LogP contribution in [-0.4, -0.2) is 22.0 Å². The van der Waals surface area contributed by atoms with Gasteiger partial charge in [-0.3, -0.25) is 4.68 Å². The Morgan fingerprint density at radius 2 is 2.05 bits per heavy atom. The summed E-state index contributed by atoms with van der Waals surface area (Å²) in [5, 5.41) is 14.6. The molecule has 0 saturated carbocycles. The van der Waals surface area contributed by atoms with E-state index in [1.807, 2.05) is 26.0 Å². The Morgan fingerprint density at radius 1 is 1.37 bits per heavy atom. The minimum absolute atomic E-state index is 0.453. The zero-order chi connectivity index (χ0) is 14.2. The third-order valence-corrected chi connectivity index (χ3v) is 3.30. The van der Waals surface area contributed by atoms with Gasteiger partial charge >= 0.3 is 0 Å². The molecule has 0 aliphatic rings. The molecule has 3 N–H and O–H groups in total. The molecule has 5 nitrogen and oxygen atoms in total. The van der Waals surface area contributed by atoms with Gasteiger partial charge in [-0.15, -0.1) is 0 Å². The van der Waals surface area contributed by atoms with E-state index in [9.17, 15) is 5.11 Å². The first-order valence-electron chi connectivity index (χ1n) is 6.06. The fraction of sp³-hybridized carbons (Fsp3) is 0.357. The third-order valence-electron chi connectivity index (χ3n) is 3.30. The second-order valence-corrected chi connectivity index (χ2v) is 4.71. The molecule has 1 unspecified atom stereocenters. The zero-order valence-corrected chi connectivity index (χ0v) is 11.6. The lowest BCUT2D eigenvalue weighted by Gasteiger charge is -2.18. The molecule has 2 rings (SSSR count). The smallest absolute Gasteiger partial charge is 0.127 e. The lowest BCUT2D eigenvalue weighted by Crippen LogP contribution is -2.08. The highest BCUT2D eigenvalue weighted by atomic mass is 16.5. The molecule has 102 valence electrons. The molecule has 0 bridgehead atoms. The van der Waals surface area contributed by atoms with Crippen LogP contribution in [0.2, 0.25) is 0 Å². The van der Waals surface area contributed by atoms with Crippen LogP contribution in [0.25, 0.3) is 0 Å². The third kappa shape index (κ3) is 2.29. The van der Waals surface area contributed by atoms with E-state index >= 15 is 0 Å². The van der Waals surface area contributed by atoms with E-state index in [0.29, 0.717) is 17.1 Å². The van der Waals surface area contributed by atoms with Gasteiger partial charge in [0.1, 0.15) is 17.7 Å². The van der Waals surface area contributed by atoms with E-state index in [2.05, 4.69) is 5.10 Å². The van der Waals surface area contributed by atoms with Crippen molar-refractivity contribution >= 4 is 5.82 Å². The lowest BCUT2D eigenvalue weighted by molar-refractivity contribution is 0.214. The maximum absolute atomic E-state index is 10.6. The SMILES string of the molecule is COc1cc(C)cc(C)c1C(O)c1cnn(C)c1N. The number of aryl methyl sites for hydroxylation is 3. The van der Waals surface area contributed by atoms with Gasteiger partial charge in [0.05, 0.1) is 13.3 Å². The molecule has 0 saturated heterocycles. The minimum Gasteiger partial charge on any atom is -0.496 e. The van der Waals surface area contributed by atoms with E-state index in [1.165, 1.54) is 4.68 Å². The topological polar surface area (TPSA) is 73.3 Å². The Balaban J connectivity index is 2.55. The van der Waals surface area contributed by atoms with Crippen molar-refractivity contribution in [3.05, 3.63) is 40.6 Å². The Bertz CT molecular complexity index is 605. The second-order valence-electron chi connectivity index (χ2n) is 4.71. The van der Waals surface area contributed by atoms with E-state index in [0.717, 1.165) is 16.7 Å². The fourth-order valence-electron chi connectivity index (χ4n) is 2.29. The lowest BCUT2D eigenvalue weighted by atomic mass is 9.96. The summed E-state index contributed by atoms with van der Waals surface area (Å²) in [4.78, 5) is 0. The average molecular weight is 261 g/mol. The van der Waals surface area contributed by atoms with Gasteiger partial charge in [-0.05, 0) is 31.0 Å². The Hall–Kier alpha value is -2.01. The van der Waals surface area contributed by atoms with Gasteiger partial charge in [-0.2, -0.15) is 5.10 Å². The first-order chi connectivity index (χ1) is 8.95. The van der Waals surface area contributed by atoms with Crippen molar-refractivity contribution in [2.45, 2.75) is 20.0 Å². The summed E-state index contributed by atoms with van der Waals surface area (Å²) in [6, 6.07) is 3.91. The van der Waals surface area contributed by atoms with Crippen molar-refractivity contribution in [3.63, 3.8) is 0 Å². The standard InChI is InChI=1S/C14H19N3O2/c1-8-5-9(2)12(11(6-8)19-4)13(18)10-7-16-17(3)14(10)15/h5-7,13,18H,15H2,1-4H3. The number of methoxy groups -OCH3 is 1. The Morgan fingerprint density at radius 3 is 2.58 bits per heavy atom. The molecule has 1 heterocycles. The number of anilines is 1. The summed E-state index contributed by atoms with van der Waals surface area (Å²) in [6.45, 7) is 3.94. The van der Waals surface area contributed by atoms with Gasteiger partial charge in [0, 0.05) is 18.2 Å². The highest BCUT2D eigenvalue weighted by Gasteiger charge is 2.22. The van der Waals surface area contributed by atoms with Crippen LogP contribution in [0.5, 0.6) is 5.75 Å². The van der Waals surface area contributed by atoms with Crippen LogP contribution in [0.1, 0.15) is 28.4 Å². The normalized spacial score (nSPS) is 12.5. The molecular formula is C14H19N3O2. The van der Waals surface area contributed by atoms with Gasteiger partial charge in [-0.25, -0.2) is 0 Å². The number of aliphatic hydroxyl groups is 1. The average Bonchev–Trinajstić information content (AvgIpc) is 2.68. The van der Waals surface area contributed by atoms with Crippen LogP contribution in [0.4, 0.5) is 5.82 Å². The molecule has 1 aromatic heterocycles. The summed E-state index contributed by atoms with van der Waals surface area (Å²) in [5.41, 5.74) is 9.28. The Kier molecular flexibility index (Phi) is 3.48. The van der Waals surface area contributed by atoms with Crippen molar-refractivity contribution in [1.82, 2.24) is 9.78 Å². The van der Waals surface area contributed by atoms with Crippen LogP contribution < -0.4 is 10.5 Å². The molecule has 0 fully saturated rings. The van der Waals surface area contributed by atoms with E-state index < -0.39 is 6.10 Å². The predicted molar refractivity (Wildman–Crippen MR) is 74.2 cm³/mol. The molecule has 0 radical (unpaired) electrons. The molecule has 0 aliphatic carbocycles. The molecule has 0 amide bonds. The monoisotopic (exact) mass is 261 g/mol. The maximum atomic E-state index is 10.6. The molecule has 19 heavy (non-hydrogen) atoms. The number of aliphatic hydroxyl groups excluding tert-OH is 1. The van der Waals surface area contributed by atoms with Crippen molar-refractivity contribution in [3.8, 4) is 5.75 Å². The highest BCUT2D eigenvalue weighted by molar-refractivity contribution is 5.51. The largest absolute Gasteiger partial charge is 0.496 e. The van der Waals surface area contributed by atoms with E-state index in [4.69, 9.17) is 10.5 Å². The van der Waals surface area contributed by atoms with Crippen LogP contribution in [-0.2, 0) is 7.05 Å². The second kappa shape index (κ2) is 4.93. The van der Waals surface area contributed by atoms with Crippen molar-refractivity contribution in [1.29, 1.82) is 0 Å². The number of aromatic nitrogens is 2. The number of ether oxygens (including phenoxy) is 1. The minimum atomic E-state index is -0.843. The van der Waals surface area contributed by atoms with Crippen LogP contribution in [0.15, 0.2) is 18.3 Å². The van der Waals surface area contributed by atoms with Crippen molar-refractivity contribution in [2.75, 3.05) is 12.8 Å². The fourth-order valence-corrected chi connectivity index (χ4v) is 2.29. The number of hydrogen-bond donors (Lipinski definition) is 2. The van der Waals surface area contributed by atoms with Gasteiger partial charge < -0.3 is 15.6 Å². The number of nitrogens with zero attached hydrogens (tertiary/aromatic N) is 2. The summed E-state index contributed by atoms with van der Waals surface area (Å²) in [6.07, 6.45) is 0.739. The van der Waals surface area contributed by atoms with Gasteiger partial charge in [0.25, 0.3) is 0 Å². The number of rotatable bonds is 3. The number of hydrogen-bond acceptors (Lipinski definition) is 4. The number of benzene rings is 1. The first-order valence-corrected chi connectivity index (χ1v) is 6.06. The van der Waals surface area contributed by atoms with Gasteiger partial charge in [-0.1, -0.05) is 6.07 Å². The van der Waals surface area contributed by atoms with Gasteiger partial charge in [0.15, 0.2) is 0 Å². The van der Waals surface area contributed by atoms with E-state index in [-0.39, 0.29) is 0 Å². The number of nitrogens with two attached hydrogens (primary N) is 1. The highest BCUT2D eigenvalue weighted by Crippen LogP contribution is 2.35. The molecule has 2 aromatic rings. The molecule has 0 spiro atoms. The van der Waals surface area contributed by atoms with E-state index in [1.54, 1.807) is 20.4 Å². The summed E-state index contributed by atoms with van der Waals surface area (Å²) in [7, 11) is 3.34. The molecule has 5 heteroatoms. The van der Waals surface area contributed by atoms with Crippen LogP contribution in [0, 0.1) is 13.8 Å². The number of nitrogen functional groups attached to an aromatic ring is 1. The Labute approximate surface area is 112 Å². The molecule has 1 aromatic carbocycles. The zero-order valence-electron chi connectivity index (χ0n) is 11.6. The van der Waals surface area contributed by atoms with Crippen LogP contribution >= 0.6 is 0 Å². The maximum Gasteiger partial charge on any atom is 0.127 e. The summed E-state index contributed by atoms with van der Waals surface area (Å²) < 4.78 is 6.90. The predicted octanol–water partition coefficient (Wildman–Crippen LogP) is 1.71. The van der Waals surface area contributed by atoms with Crippen molar-refractivity contribution in [2.24, 2.45) is 7.05 Å². The molecule has 1 atom stereocenters. The van der Waals surface area contributed by atoms with Crippen molar-refractivity contribution < 1.29 is 9.84 Å². The van der Waals surface area contributed by atoms with Gasteiger partial charge in [0.2, 0.25) is 0 Å².